The van der Waals surface area contributed by atoms with E-state index in [1.165, 1.54) is 23.4 Å². The summed E-state index contributed by atoms with van der Waals surface area (Å²) in [4.78, 5) is 5.96. The van der Waals surface area contributed by atoms with Crippen molar-refractivity contribution in [3.05, 3.63) is 15.6 Å². The Bertz CT molecular complexity index is 367. The van der Waals surface area contributed by atoms with E-state index in [9.17, 15) is 0 Å². The van der Waals surface area contributed by atoms with Crippen LogP contribution in [0.15, 0.2) is 0 Å². The zero-order valence-electron chi connectivity index (χ0n) is 11.0. The van der Waals surface area contributed by atoms with Gasteiger partial charge in [-0.05, 0) is 46.5 Å². The van der Waals surface area contributed by atoms with Crippen LogP contribution in [-0.2, 0) is 0 Å². The number of rotatable bonds is 3. The van der Waals surface area contributed by atoms with Crippen LogP contribution < -0.4 is 11.1 Å². The van der Waals surface area contributed by atoms with Crippen LogP contribution in [-0.4, -0.2) is 17.1 Å². The van der Waals surface area contributed by atoms with Crippen LogP contribution in [0.2, 0.25) is 0 Å². The molecule has 1 aromatic heterocycles. The second-order valence-electron chi connectivity index (χ2n) is 5.17. The monoisotopic (exact) mass is 253 g/mol. The molecule has 1 fully saturated rings. The first-order chi connectivity index (χ1) is 8.06. The Labute approximate surface area is 108 Å². The molecule has 2 rings (SSSR count). The summed E-state index contributed by atoms with van der Waals surface area (Å²) >= 11 is 1.79. The topological polar surface area (TPSA) is 50.9 Å². The molecule has 17 heavy (non-hydrogen) atoms. The lowest BCUT2D eigenvalue weighted by atomic mass is 9.91. The smallest absolute Gasteiger partial charge is 0.0900 e. The highest BCUT2D eigenvalue weighted by atomic mass is 32.1. The van der Waals surface area contributed by atoms with Crippen molar-refractivity contribution in [3.8, 4) is 0 Å². The summed E-state index contributed by atoms with van der Waals surface area (Å²) in [5.41, 5.74) is 7.15. The maximum absolute atomic E-state index is 5.93. The fourth-order valence-corrected chi connectivity index (χ4v) is 3.58. The van der Waals surface area contributed by atoms with Crippen LogP contribution in [0.3, 0.4) is 0 Å². The van der Waals surface area contributed by atoms with Gasteiger partial charge in [-0.15, -0.1) is 11.3 Å². The molecule has 3 N–H and O–H groups in total. The van der Waals surface area contributed by atoms with Gasteiger partial charge < -0.3 is 11.1 Å². The van der Waals surface area contributed by atoms with Gasteiger partial charge in [-0.3, -0.25) is 0 Å². The van der Waals surface area contributed by atoms with E-state index >= 15 is 0 Å². The Hall–Kier alpha value is -0.450. The standard InChI is InChI=1S/C13H23N3S/c1-8(13-9(2)17-10(3)16-13)15-12-6-4-11(14)5-7-12/h8,11-12,15H,4-7,14H2,1-3H3. The first-order valence-electron chi connectivity index (χ1n) is 6.52. The van der Waals surface area contributed by atoms with E-state index in [0.29, 0.717) is 18.1 Å². The molecule has 3 nitrogen and oxygen atoms in total. The van der Waals surface area contributed by atoms with Gasteiger partial charge in [0.25, 0.3) is 0 Å². The maximum Gasteiger partial charge on any atom is 0.0900 e. The Kier molecular flexibility index (Phi) is 4.17. The van der Waals surface area contributed by atoms with Gasteiger partial charge in [0.15, 0.2) is 0 Å². The predicted molar refractivity (Wildman–Crippen MR) is 73.4 cm³/mol. The highest BCUT2D eigenvalue weighted by molar-refractivity contribution is 7.11. The lowest BCUT2D eigenvalue weighted by Gasteiger charge is -2.29. The van der Waals surface area contributed by atoms with Crippen LogP contribution in [0.1, 0.15) is 54.2 Å². The number of hydrogen-bond acceptors (Lipinski definition) is 4. The second-order valence-corrected chi connectivity index (χ2v) is 6.58. The van der Waals surface area contributed by atoms with Gasteiger partial charge in [-0.2, -0.15) is 0 Å². The molecule has 1 aliphatic carbocycles. The second kappa shape index (κ2) is 5.46. The van der Waals surface area contributed by atoms with Crippen molar-refractivity contribution in [2.45, 2.75) is 64.6 Å². The molecule has 1 heterocycles. The number of aromatic nitrogens is 1. The highest BCUT2D eigenvalue weighted by Gasteiger charge is 2.21. The molecule has 0 aromatic carbocycles. The third kappa shape index (κ3) is 3.27. The molecule has 0 saturated heterocycles. The predicted octanol–water partition coefficient (Wildman–Crippen LogP) is 2.68. The SMILES string of the molecule is Cc1nc(C(C)NC2CCC(N)CC2)c(C)s1. The number of thiazole rings is 1. The number of nitrogens with zero attached hydrogens (tertiary/aromatic N) is 1. The molecule has 96 valence electrons. The molecule has 1 unspecified atom stereocenters. The van der Waals surface area contributed by atoms with Crippen molar-refractivity contribution in [2.24, 2.45) is 5.73 Å². The van der Waals surface area contributed by atoms with E-state index in [1.54, 1.807) is 11.3 Å². The molecule has 0 spiro atoms. The van der Waals surface area contributed by atoms with Gasteiger partial charge in [0, 0.05) is 23.0 Å². The van der Waals surface area contributed by atoms with Gasteiger partial charge in [0.2, 0.25) is 0 Å². The molecule has 0 bridgehead atoms. The normalized spacial score (nSPS) is 27.1. The van der Waals surface area contributed by atoms with Crippen molar-refractivity contribution in [1.82, 2.24) is 10.3 Å². The largest absolute Gasteiger partial charge is 0.328 e. The third-order valence-corrected chi connectivity index (χ3v) is 4.51. The van der Waals surface area contributed by atoms with E-state index in [1.807, 2.05) is 0 Å². The molecule has 0 aliphatic heterocycles. The molecule has 0 radical (unpaired) electrons. The van der Waals surface area contributed by atoms with E-state index in [0.717, 1.165) is 17.8 Å². The minimum Gasteiger partial charge on any atom is -0.328 e. The summed E-state index contributed by atoms with van der Waals surface area (Å²) in [6.07, 6.45) is 4.71. The van der Waals surface area contributed by atoms with Crippen molar-refractivity contribution < 1.29 is 0 Å². The van der Waals surface area contributed by atoms with Crippen LogP contribution in [0, 0.1) is 13.8 Å². The fourth-order valence-electron chi connectivity index (χ4n) is 2.67. The zero-order chi connectivity index (χ0) is 12.4. The summed E-state index contributed by atoms with van der Waals surface area (Å²) in [7, 11) is 0. The van der Waals surface area contributed by atoms with Crippen LogP contribution in [0.5, 0.6) is 0 Å². The molecule has 1 saturated carbocycles. The number of aryl methyl sites for hydroxylation is 2. The molecule has 1 aliphatic rings. The molecular weight excluding hydrogens is 230 g/mol. The summed E-state index contributed by atoms with van der Waals surface area (Å²) in [6.45, 7) is 6.46. The van der Waals surface area contributed by atoms with Crippen molar-refractivity contribution in [2.75, 3.05) is 0 Å². The van der Waals surface area contributed by atoms with Gasteiger partial charge in [0.05, 0.1) is 10.7 Å². The fraction of sp³-hybridized carbons (Fsp3) is 0.769. The Morgan fingerprint density at radius 3 is 2.47 bits per heavy atom. The van der Waals surface area contributed by atoms with Crippen molar-refractivity contribution in [3.63, 3.8) is 0 Å². The minimum atomic E-state index is 0.360. The highest BCUT2D eigenvalue weighted by Crippen LogP contribution is 2.25. The number of nitrogens with two attached hydrogens (primary N) is 1. The summed E-state index contributed by atoms with van der Waals surface area (Å²) in [5, 5.41) is 4.86. The minimum absolute atomic E-state index is 0.360. The van der Waals surface area contributed by atoms with Gasteiger partial charge in [-0.1, -0.05) is 0 Å². The number of hydrogen-bond donors (Lipinski definition) is 2. The van der Waals surface area contributed by atoms with E-state index in [4.69, 9.17) is 5.73 Å². The first-order valence-corrected chi connectivity index (χ1v) is 7.33. The molecule has 1 atom stereocenters. The average Bonchev–Trinajstić information content (AvgIpc) is 2.61. The molecule has 0 amide bonds. The molecule has 4 heteroatoms. The summed E-state index contributed by atoms with van der Waals surface area (Å²) < 4.78 is 0. The van der Waals surface area contributed by atoms with Crippen LogP contribution >= 0.6 is 11.3 Å². The van der Waals surface area contributed by atoms with Gasteiger partial charge in [0.1, 0.15) is 0 Å². The lowest BCUT2D eigenvalue weighted by molar-refractivity contribution is 0.320. The maximum atomic E-state index is 5.93. The third-order valence-electron chi connectivity index (χ3n) is 3.61. The van der Waals surface area contributed by atoms with Crippen LogP contribution in [0.4, 0.5) is 0 Å². The summed E-state index contributed by atoms with van der Waals surface area (Å²) in [6, 6.07) is 1.40. The van der Waals surface area contributed by atoms with Gasteiger partial charge >= 0.3 is 0 Å². The first kappa shape index (κ1) is 13.0. The van der Waals surface area contributed by atoms with Crippen LogP contribution in [0.25, 0.3) is 0 Å². The molecule has 1 aromatic rings. The zero-order valence-corrected chi connectivity index (χ0v) is 11.8. The quantitative estimate of drug-likeness (QED) is 0.871. The Balaban J connectivity index is 1.93. The Morgan fingerprint density at radius 2 is 1.94 bits per heavy atom. The van der Waals surface area contributed by atoms with Gasteiger partial charge in [-0.25, -0.2) is 4.98 Å². The molecular formula is C13H23N3S. The average molecular weight is 253 g/mol. The number of nitrogens with one attached hydrogen (secondary N) is 1. The van der Waals surface area contributed by atoms with E-state index < -0.39 is 0 Å². The Morgan fingerprint density at radius 1 is 1.29 bits per heavy atom. The van der Waals surface area contributed by atoms with E-state index in [2.05, 4.69) is 31.1 Å². The van der Waals surface area contributed by atoms with E-state index in [-0.39, 0.29) is 0 Å². The van der Waals surface area contributed by atoms with Crippen molar-refractivity contribution >= 4 is 11.3 Å². The van der Waals surface area contributed by atoms with Crippen molar-refractivity contribution in [1.29, 1.82) is 0 Å². The lowest BCUT2D eigenvalue weighted by Crippen LogP contribution is -2.38. The summed E-state index contributed by atoms with van der Waals surface area (Å²) in [5.74, 6) is 0.